The standard InChI is InChI=1S/C20H20N3O5P/c1-27-14-5-2-4-13(12-14)8-10-23-16-7-3-6-15(21)18(16)22-20(23)19-17(9-11-28-19)29(24,25)26/h2-7,9,11-12H,8,10,21H2,1H3,(H2,24,25,26). The average Bonchev–Trinajstić information content (AvgIpc) is 3.32. The Kier molecular flexibility index (Phi) is 4.92. The first kappa shape index (κ1) is 19.3. The van der Waals surface area contributed by atoms with Gasteiger partial charge in [0.1, 0.15) is 16.6 Å². The minimum absolute atomic E-state index is 0.0413. The van der Waals surface area contributed by atoms with Crippen LogP contribution >= 0.6 is 7.60 Å². The highest BCUT2D eigenvalue weighted by atomic mass is 31.2. The Morgan fingerprint density at radius 2 is 2.00 bits per heavy atom. The van der Waals surface area contributed by atoms with Crippen molar-refractivity contribution < 1.29 is 23.5 Å². The van der Waals surface area contributed by atoms with Gasteiger partial charge in [-0.15, -0.1) is 0 Å². The topological polar surface area (TPSA) is 124 Å². The number of nitrogens with two attached hydrogens (primary N) is 1. The molecule has 2 aromatic heterocycles. The summed E-state index contributed by atoms with van der Waals surface area (Å²) in [6, 6.07) is 14.4. The quantitative estimate of drug-likeness (QED) is 0.328. The van der Waals surface area contributed by atoms with Gasteiger partial charge in [0.05, 0.1) is 24.6 Å². The molecule has 4 aromatic rings. The van der Waals surface area contributed by atoms with Crippen LogP contribution < -0.4 is 15.8 Å². The largest absolute Gasteiger partial charge is 0.497 e. The Morgan fingerprint density at radius 3 is 2.76 bits per heavy atom. The van der Waals surface area contributed by atoms with Gasteiger partial charge >= 0.3 is 7.60 Å². The van der Waals surface area contributed by atoms with Crippen LogP contribution in [-0.2, 0) is 17.5 Å². The molecule has 0 unspecified atom stereocenters. The number of hydrogen-bond acceptors (Lipinski definition) is 5. The van der Waals surface area contributed by atoms with E-state index in [0.717, 1.165) is 16.8 Å². The predicted molar refractivity (Wildman–Crippen MR) is 110 cm³/mol. The SMILES string of the molecule is COc1cccc(CCn2c(-c3occc3P(=O)(O)O)nc3c(N)cccc32)c1. The summed E-state index contributed by atoms with van der Waals surface area (Å²) < 4.78 is 24.5. The molecule has 4 rings (SSSR count). The molecular formula is C20H20N3O5P. The van der Waals surface area contributed by atoms with Crippen molar-refractivity contribution in [3.63, 3.8) is 0 Å². The van der Waals surface area contributed by atoms with E-state index in [1.54, 1.807) is 13.2 Å². The van der Waals surface area contributed by atoms with Gasteiger partial charge in [-0.25, -0.2) is 4.98 Å². The van der Waals surface area contributed by atoms with Crippen LogP contribution in [-0.4, -0.2) is 26.4 Å². The number of imidazole rings is 1. The number of nitrogens with zero attached hydrogens (tertiary/aromatic N) is 2. The highest BCUT2D eigenvalue weighted by Gasteiger charge is 2.28. The zero-order valence-electron chi connectivity index (χ0n) is 15.6. The van der Waals surface area contributed by atoms with Crippen molar-refractivity contribution in [1.29, 1.82) is 0 Å². The van der Waals surface area contributed by atoms with E-state index in [1.165, 1.54) is 12.3 Å². The number of para-hydroxylation sites is 1. The highest BCUT2D eigenvalue weighted by Crippen LogP contribution is 2.39. The third kappa shape index (κ3) is 3.65. The molecule has 0 bridgehead atoms. The average molecular weight is 413 g/mol. The fourth-order valence-electron chi connectivity index (χ4n) is 3.34. The van der Waals surface area contributed by atoms with Crippen molar-refractivity contribution in [2.45, 2.75) is 13.0 Å². The maximum Gasteiger partial charge on any atom is 0.360 e. The predicted octanol–water partition coefficient (Wildman–Crippen LogP) is 2.93. The maximum absolute atomic E-state index is 11.9. The van der Waals surface area contributed by atoms with Gasteiger partial charge in [0.2, 0.25) is 0 Å². The molecule has 150 valence electrons. The van der Waals surface area contributed by atoms with Crippen molar-refractivity contribution >= 4 is 29.6 Å². The number of furan rings is 1. The van der Waals surface area contributed by atoms with E-state index in [-0.39, 0.29) is 11.1 Å². The summed E-state index contributed by atoms with van der Waals surface area (Å²) in [6.45, 7) is 0.504. The van der Waals surface area contributed by atoms with Gasteiger partial charge in [-0.05, 0) is 42.3 Å². The summed E-state index contributed by atoms with van der Waals surface area (Å²) >= 11 is 0. The molecule has 0 aliphatic rings. The lowest BCUT2D eigenvalue weighted by atomic mass is 10.1. The molecule has 4 N–H and O–H groups in total. The van der Waals surface area contributed by atoms with Gasteiger partial charge < -0.3 is 29.2 Å². The van der Waals surface area contributed by atoms with Crippen LogP contribution in [0.3, 0.4) is 0 Å². The van der Waals surface area contributed by atoms with E-state index in [9.17, 15) is 14.4 Å². The zero-order chi connectivity index (χ0) is 20.6. The monoisotopic (exact) mass is 413 g/mol. The summed E-state index contributed by atoms with van der Waals surface area (Å²) in [4.78, 5) is 23.9. The molecule has 9 heteroatoms. The highest BCUT2D eigenvalue weighted by molar-refractivity contribution is 7.60. The number of hydrogen-bond donors (Lipinski definition) is 3. The smallest absolute Gasteiger partial charge is 0.360 e. The third-order valence-corrected chi connectivity index (χ3v) is 5.71. The third-order valence-electron chi connectivity index (χ3n) is 4.73. The molecule has 0 saturated heterocycles. The van der Waals surface area contributed by atoms with Crippen molar-refractivity contribution in [3.05, 3.63) is 60.4 Å². The van der Waals surface area contributed by atoms with Gasteiger partial charge in [-0.2, -0.15) is 0 Å². The molecule has 2 heterocycles. The molecule has 0 aliphatic heterocycles. The van der Waals surface area contributed by atoms with E-state index in [0.29, 0.717) is 30.0 Å². The molecule has 0 aliphatic carbocycles. The molecule has 8 nitrogen and oxygen atoms in total. The second-order valence-corrected chi connectivity index (χ2v) is 8.15. The summed E-state index contributed by atoms with van der Waals surface area (Å²) in [7, 11) is -2.92. The summed E-state index contributed by atoms with van der Waals surface area (Å²) in [5.74, 6) is 1.13. The van der Waals surface area contributed by atoms with Crippen molar-refractivity contribution in [3.8, 4) is 17.3 Å². The lowest BCUT2D eigenvalue weighted by Gasteiger charge is -2.10. The molecule has 0 spiro atoms. The van der Waals surface area contributed by atoms with Crippen LogP contribution in [0.2, 0.25) is 0 Å². The zero-order valence-corrected chi connectivity index (χ0v) is 16.5. The van der Waals surface area contributed by atoms with Crippen LogP contribution in [0.15, 0.2) is 59.2 Å². The fraction of sp³-hybridized carbons (Fsp3) is 0.150. The van der Waals surface area contributed by atoms with Crippen LogP contribution in [0.5, 0.6) is 5.75 Å². The second kappa shape index (κ2) is 7.40. The number of nitrogen functional groups attached to an aromatic ring is 1. The van der Waals surface area contributed by atoms with Crippen LogP contribution in [0, 0.1) is 0 Å². The van der Waals surface area contributed by atoms with E-state index in [2.05, 4.69) is 4.98 Å². The van der Waals surface area contributed by atoms with Gasteiger partial charge in [0.25, 0.3) is 0 Å². The summed E-state index contributed by atoms with van der Waals surface area (Å²) in [5, 5.41) is -0.200. The van der Waals surface area contributed by atoms with Crippen molar-refractivity contribution in [2.24, 2.45) is 0 Å². The number of aromatic nitrogens is 2. The number of rotatable bonds is 6. The Hall–Kier alpha value is -3.06. The molecule has 0 saturated carbocycles. The summed E-state index contributed by atoms with van der Waals surface area (Å²) in [5.41, 5.74) is 8.93. The number of anilines is 1. The van der Waals surface area contributed by atoms with Crippen molar-refractivity contribution in [2.75, 3.05) is 12.8 Å². The Bertz CT molecular complexity index is 1220. The Labute approximate surface area is 166 Å². The van der Waals surface area contributed by atoms with Gasteiger partial charge in [0.15, 0.2) is 11.6 Å². The van der Waals surface area contributed by atoms with E-state index in [1.807, 2.05) is 41.0 Å². The number of benzene rings is 2. The minimum Gasteiger partial charge on any atom is -0.497 e. The van der Waals surface area contributed by atoms with Gasteiger partial charge in [-0.1, -0.05) is 18.2 Å². The Balaban J connectivity index is 1.82. The van der Waals surface area contributed by atoms with E-state index in [4.69, 9.17) is 14.9 Å². The van der Waals surface area contributed by atoms with Crippen LogP contribution in [0.1, 0.15) is 5.56 Å². The summed E-state index contributed by atoms with van der Waals surface area (Å²) in [6.07, 6.45) is 1.90. The molecular weight excluding hydrogens is 393 g/mol. The van der Waals surface area contributed by atoms with Crippen LogP contribution in [0.4, 0.5) is 5.69 Å². The van der Waals surface area contributed by atoms with E-state index < -0.39 is 7.60 Å². The lowest BCUT2D eigenvalue weighted by molar-refractivity contribution is 0.387. The first-order chi connectivity index (χ1) is 13.9. The first-order valence-corrected chi connectivity index (χ1v) is 10.5. The molecule has 2 aromatic carbocycles. The second-order valence-electron chi connectivity index (χ2n) is 6.58. The first-order valence-electron chi connectivity index (χ1n) is 8.90. The van der Waals surface area contributed by atoms with Gasteiger partial charge in [0, 0.05) is 6.54 Å². The minimum atomic E-state index is -4.53. The van der Waals surface area contributed by atoms with Crippen LogP contribution in [0.25, 0.3) is 22.6 Å². The number of methoxy groups -OCH3 is 1. The molecule has 0 radical (unpaired) electrons. The van der Waals surface area contributed by atoms with E-state index >= 15 is 0 Å². The number of fused-ring (bicyclic) bond motifs is 1. The Morgan fingerprint density at radius 1 is 1.21 bits per heavy atom. The fourth-order valence-corrected chi connectivity index (χ4v) is 4.01. The molecule has 0 amide bonds. The molecule has 29 heavy (non-hydrogen) atoms. The number of ether oxygens (including phenoxy) is 1. The molecule has 0 fully saturated rings. The normalized spacial score (nSPS) is 11.8. The number of aryl methyl sites for hydroxylation is 2. The lowest BCUT2D eigenvalue weighted by Crippen LogP contribution is -2.09. The maximum atomic E-state index is 11.9. The van der Waals surface area contributed by atoms with Gasteiger partial charge in [-0.3, -0.25) is 4.57 Å². The van der Waals surface area contributed by atoms with Crippen molar-refractivity contribution in [1.82, 2.24) is 9.55 Å². The molecule has 0 atom stereocenters.